The lowest BCUT2D eigenvalue weighted by Gasteiger charge is -2.34. The van der Waals surface area contributed by atoms with Crippen LogP contribution in [-0.4, -0.2) is 56.7 Å². The van der Waals surface area contributed by atoms with Gasteiger partial charge in [-0.25, -0.2) is 9.67 Å². The average molecular weight is 444 g/mol. The predicted molar refractivity (Wildman–Crippen MR) is 127 cm³/mol. The summed E-state index contributed by atoms with van der Waals surface area (Å²) in [6, 6.07) is 22.4. The quantitative estimate of drug-likeness (QED) is 0.462. The Bertz CT molecular complexity index is 1190. The van der Waals surface area contributed by atoms with Crippen molar-refractivity contribution in [3.05, 3.63) is 89.1 Å². The second-order valence-corrected chi connectivity index (χ2v) is 8.99. The highest BCUT2D eigenvalue weighted by molar-refractivity contribution is 7.13. The minimum absolute atomic E-state index is 0.104. The zero-order valence-electron chi connectivity index (χ0n) is 18.0. The molecule has 2 aromatic heterocycles. The van der Waals surface area contributed by atoms with Crippen molar-refractivity contribution in [3.63, 3.8) is 0 Å². The van der Waals surface area contributed by atoms with Gasteiger partial charge in [0, 0.05) is 32.7 Å². The third-order valence-corrected chi connectivity index (χ3v) is 6.55. The van der Waals surface area contributed by atoms with E-state index in [9.17, 15) is 4.79 Å². The zero-order valence-corrected chi connectivity index (χ0v) is 18.8. The first-order valence-electron chi connectivity index (χ1n) is 10.8. The third kappa shape index (κ3) is 4.35. The number of benzene rings is 2. The number of rotatable bonds is 5. The summed E-state index contributed by atoms with van der Waals surface area (Å²) in [5, 5.41) is 6.62. The molecule has 0 N–H and O–H groups in total. The van der Waals surface area contributed by atoms with Crippen LogP contribution in [0.25, 0.3) is 16.4 Å². The molecule has 0 unspecified atom stereocenters. The number of thiophene rings is 1. The predicted octanol–water partition coefficient (Wildman–Crippen LogP) is 4.26. The van der Waals surface area contributed by atoms with E-state index in [1.807, 2.05) is 52.7 Å². The lowest BCUT2D eigenvalue weighted by molar-refractivity contribution is 0.0616. The van der Waals surface area contributed by atoms with Crippen molar-refractivity contribution >= 4 is 17.2 Å². The van der Waals surface area contributed by atoms with Crippen LogP contribution in [-0.2, 0) is 6.54 Å². The minimum Gasteiger partial charge on any atom is -0.333 e. The third-order valence-electron chi connectivity index (χ3n) is 5.69. The summed E-state index contributed by atoms with van der Waals surface area (Å²) in [6.45, 7) is 6.07. The van der Waals surface area contributed by atoms with Crippen molar-refractivity contribution < 1.29 is 4.79 Å². The van der Waals surface area contributed by atoms with Gasteiger partial charge in [-0.2, -0.15) is 0 Å². The lowest BCUT2D eigenvalue weighted by atomic mass is 10.1. The zero-order chi connectivity index (χ0) is 21.9. The summed E-state index contributed by atoms with van der Waals surface area (Å²) in [5.41, 5.74) is 3.48. The number of hydrogen-bond acceptors (Lipinski definition) is 5. The maximum Gasteiger partial charge on any atom is 0.293 e. The molecule has 1 saturated heterocycles. The molecule has 0 bridgehead atoms. The molecular formula is C25H25N5OS. The summed E-state index contributed by atoms with van der Waals surface area (Å²) >= 11 is 1.59. The maximum absolute atomic E-state index is 13.2. The first kappa shape index (κ1) is 20.6. The standard InChI is InChI=1S/C25H25N5OS/c1-19-7-5-8-20(17-19)18-28-12-14-29(15-13-28)25(31)23-26-24(22-11-6-16-32-22)30(27-23)21-9-3-2-4-10-21/h2-11,16-17H,12-15,18H2,1H3. The number of aromatic nitrogens is 3. The van der Waals surface area contributed by atoms with E-state index in [-0.39, 0.29) is 11.7 Å². The molecule has 1 aliphatic heterocycles. The van der Waals surface area contributed by atoms with Crippen LogP contribution in [0.15, 0.2) is 72.1 Å². The summed E-state index contributed by atoms with van der Waals surface area (Å²) in [4.78, 5) is 23.2. The lowest BCUT2D eigenvalue weighted by Crippen LogP contribution is -2.48. The molecule has 7 heteroatoms. The van der Waals surface area contributed by atoms with Gasteiger partial charge in [-0.1, -0.05) is 54.1 Å². The van der Waals surface area contributed by atoms with Crippen LogP contribution in [0, 0.1) is 6.92 Å². The second kappa shape index (κ2) is 9.06. The van der Waals surface area contributed by atoms with Gasteiger partial charge in [-0.15, -0.1) is 16.4 Å². The molecule has 162 valence electrons. The van der Waals surface area contributed by atoms with Gasteiger partial charge in [0.2, 0.25) is 5.82 Å². The molecule has 0 radical (unpaired) electrons. The van der Waals surface area contributed by atoms with Crippen LogP contribution >= 0.6 is 11.3 Å². The first-order chi connectivity index (χ1) is 15.7. The Morgan fingerprint density at radius 3 is 2.50 bits per heavy atom. The van der Waals surface area contributed by atoms with E-state index in [0.717, 1.165) is 30.2 Å². The number of carbonyl (C=O) groups excluding carboxylic acids is 1. The molecule has 0 atom stereocenters. The van der Waals surface area contributed by atoms with Crippen LogP contribution in [0.2, 0.25) is 0 Å². The second-order valence-electron chi connectivity index (χ2n) is 8.04. The molecule has 0 saturated carbocycles. The largest absolute Gasteiger partial charge is 0.333 e. The molecule has 5 rings (SSSR count). The van der Waals surface area contributed by atoms with Gasteiger partial charge in [0.1, 0.15) is 0 Å². The number of nitrogens with zero attached hydrogens (tertiary/aromatic N) is 5. The Hall–Kier alpha value is -3.29. The Labute approximate surface area is 191 Å². The van der Waals surface area contributed by atoms with Crippen LogP contribution in [0.1, 0.15) is 21.7 Å². The molecular weight excluding hydrogens is 418 g/mol. The fraction of sp³-hybridized carbons (Fsp3) is 0.240. The SMILES string of the molecule is Cc1cccc(CN2CCN(C(=O)c3nc(-c4cccs4)n(-c4ccccc4)n3)CC2)c1. The monoisotopic (exact) mass is 443 g/mol. The maximum atomic E-state index is 13.2. The average Bonchev–Trinajstić information content (AvgIpc) is 3.50. The number of piperazine rings is 1. The number of amides is 1. The fourth-order valence-corrected chi connectivity index (χ4v) is 4.73. The van der Waals surface area contributed by atoms with Gasteiger partial charge in [0.25, 0.3) is 5.91 Å². The Balaban J connectivity index is 1.32. The number of aryl methyl sites for hydroxylation is 1. The fourth-order valence-electron chi connectivity index (χ4n) is 4.04. The Kier molecular flexibility index (Phi) is 5.83. The van der Waals surface area contributed by atoms with Gasteiger partial charge in [-0.3, -0.25) is 9.69 Å². The van der Waals surface area contributed by atoms with Crippen LogP contribution < -0.4 is 0 Å². The molecule has 2 aromatic carbocycles. The molecule has 32 heavy (non-hydrogen) atoms. The van der Waals surface area contributed by atoms with E-state index in [1.165, 1.54) is 11.1 Å². The van der Waals surface area contributed by atoms with Crippen molar-refractivity contribution in [2.45, 2.75) is 13.5 Å². The summed E-state index contributed by atoms with van der Waals surface area (Å²) < 4.78 is 1.77. The molecule has 0 aliphatic carbocycles. The smallest absolute Gasteiger partial charge is 0.293 e. The Morgan fingerprint density at radius 1 is 0.969 bits per heavy atom. The first-order valence-corrected chi connectivity index (χ1v) is 11.7. The molecule has 0 spiro atoms. The molecule has 4 aromatic rings. The molecule has 3 heterocycles. The number of hydrogen-bond donors (Lipinski definition) is 0. The van der Waals surface area contributed by atoms with E-state index in [0.29, 0.717) is 18.9 Å². The van der Waals surface area contributed by atoms with Crippen molar-refractivity contribution in [2.75, 3.05) is 26.2 Å². The van der Waals surface area contributed by atoms with Crippen LogP contribution in [0.3, 0.4) is 0 Å². The molecule has 1 aliphatic rings. The molecule has 1 amide bonds. The van der Waals surface area contributed by atoms with Crippen molar-refractivity contribution in [3.8, 4) is 16.4 Å². The molecule has 1 fully saturated rings. The summed E-state index contributed by atoms with van der Waals surface area (Å²) in [5.74, 6) is 0.852. The van der Waals surface area contributed by atoms with Crippen LogP contribution in [0.5, 0.6) is 0 Å². The Morgan fingerprint density at radius 2 is 1.78 bits per heavy atom. The van der Waals surface area contributed by atoms with E-state index in [1.54, 1.807) is 16.0 Å². The summed E-state index contributed by atoms with van der Waals surface area (Å²) in [7, 11) is 0. The van der Waals surface area contributed by atoms with E-state index < -0.39 is 0 Å². The summed E-state index contributed by atoms with van der Waals surface area (Å²) in [6.07, 6.45) is 0. The molecule has 6 nitrogen and oxygen atoms in total. The topological polar surface area (TPSA) is 54.3 Å². The highest BCUT2D eigenvalue weighted by Crippen LogP contribution is 2.26. The van der Waals surface area contributed by atoms with Crippen molar-refractivity contribution in [2.24, 2.45) is 0 Å². The normalized spacial score (nSPS) is 14.6. The van der Waals surface area contributed by atoms with Gasteiger partial charge >= 0.3 is 0 Å². The van der Waals surface area contributed by atoms with E-state index in [4.69, 9.17) is 0 Å². The van der Waals surface area contributed by atoms with E-state index >= 15 is 0 Å². The van der Waals surface area contributed by atoms with Gasteiger partial charge in [0.15, 0.2) is 5.82 Å². The van der Waals surface area contributed by atoms with Gasteiger partial charge in [0.05, 0.1) is 10.6 Å². The van der Waals surface area contributed by atoms with E-state index in [2.05, 4.69) is 46.2 Å². The number of para-hydroxylation sites is 1. The minimum atomic E-state index is -0.104. The van der Waals surface area contributed by atoms with Gasteiger partial charge in [-0.05, 0) is 36.1 Å². The van der Waals surface area contributed by atoms with Gasteiger partial charge < -0.3 is 4.90 Å². The number of carbonyl (C=O) groups is 1. The van der Waals surface area contributed by atoms with Crippen LogP contribution in [0.4, 0.5) is 0 Å². The van der Waals surface area contributed by atoms with Crippen molar-refractivity contribution in [1.82, 2.24) is 24.6 Å². The highest BCUT2D eigenvalue weighted by atomic mass is 32.1. The highest BCUT2D eigenvalue weighted by Gasteiger charge is 2.27. The van der Waals surface area contributed by atoms with Crippen molar-refractivity contribution in [1.29, 1.82) is 0 Å².